The molecule has 3 aliphatic heterocycles. The molecule has 2 atom stereocenters. The van der Waals surface area contributed by atoms with Crippen LogP contribution in [0.15, 0.2) is 22.5 Å². The van der Waals surface area contributed by atoms with Crippen molar-refractivity contribution in [2.24, 2.45) is 0 Å². The van der Waals surface area contributed by atoms with E-state index in [-0.39, 0.29) is 24.0 Å². The molecule has 7 nitrogen and oxygen atoms in total. The minimum atomic E-state index is -0.330. The van der Waals surface area contributed by atoms with Gasteiger partial charge in [-0.25, -0.2) is 24.8 Å². The first-order valence-corrected chi connectivity index (χ1v) is 7.85. The van der Waals surface area contributed by atoms with Crippen molar-refractivity contribution in [3.63, 3.8) is 0 Å². The van der Waals surface area contributed by atoms with Gasteiger partial charge in [-0.15, -0.1) is 0 Å². The van der Waals surface area contributed by atoms with Crippen molar-refractivity contribution in [2.45, 2.75) is 45.7 Å². The highest BCUT2D eigenvalue weighted by molar-refractivity contribution is 5.96. The molecule has 0 spiro atoms. The van der Waals surface area contributed by atoms with Crippen molar-refractivity contribution in [1.29, 1.82) is 0 Å². The second kappa shape index (κ2) is 5.72. The Balaban J connectivity index is 1.99. The Morgan fingerprint density at radius 1 is 1.09 bits per heavy atom. The van der Waals surface area contributed by atoms with Gasteiger partial charge in [0.2, 0.25) is 0 Å². The molecule has 124 valence electrons. The lowest BCUT2D eigenvalue weighted by molar-refractivity contribution is -0.567. The van der Waals surface area contributed by atoms with Gasteiger partial charge in [-0.2, -0.15) is 0 Å². The van der Waals surface area contributed by atoms with E-state index in [0.717, 1.165) is 30.2 Å². The number of allylic oxidation sites excluding steroid dienone is 2. The minimum absolute atomic E-state index is 0.0874. The number of ether oxygens (including phenoxy) is 2. The summed E-state index contributed by atoms with van der Waals surface area (Å²) in [7, 11) is 1.39. The third-order valence-electron chi connectivity index (χ3n) is 4.63. The van der Waals surface area contributed by atoms with Crippen LogP contribution in [0.2, 0.25) is 0 Å². The molecule has 3 aliphatic rings. The van der Waals surface area contributed by atoms with Crippen LogP contribution in [-0.4, -0.2) is 48.3 Å². The van der Waals surface area contributed by atoms with E-state index in [4.69, 9.17) is 9.47 Å². The van der Waals surface area contributed by atoms with Crippen molar-refractivity contribution >= 4 is 17.9 Å². The summed E-state index contributed by atoms with van der Waals surface area (Å²) in [6.45, 7) is 5.88. The van der Waals surface area contributed by atoms with Gasteiger partial charge in [-0.05, 0) is 33.6 Å². The van der Waals surface area contributed by atoms with Crippen LogP contribution in [-0.2, 0) is 19.1 Å². The molecular formula is C16H22N3O4+. The summed E-state index contributed by atoms with van der Waals surface area (Å²) in [5.41, 5.74) is 2.85. The largest absolute Gasteiger partial charge is 0.465 e. The zero-order valence-corrected chi connectivity index (χ0v) is 13.9. The lowest BCUT2D eigenvalue weighted by atomic mass is 10.0. The number of carbonyl (C=O) groups excluding carboxylic acids is 2. The molecule has 3 rings (SSSR count). The molecule has 0 aromatic carbocycles. The highest BCUT2D eigenvalue weighted by atomic mass is 16.5. The van der Waals surface area contributed by atoms with Crippen LogP contribution in [0.1, 0.15) is 33.6 Å². The van der Waals surface area contributed by atoms with E-state index >= 15 is 0 Å². The number of guanidine groups is 1. The first-order chi connectivity index (χ1) is 11.0. The Kier molecular flexibility index (Phi) is 3.87. The van der Waals surface area contributed by atoms with Crippen LogP contribution in [0.3, 0.4) is 0 Å². The second-order valence-corrected chi connectivity index (χ2v) is 5.90. The van der Waals surface area contributed by atoms with Crippen LogP contribution in [0.5, 0.6) is 0 Å². The number of hydrogen-bond acceptors (Lipinski definition) is 6. The Labute approximate surface area is 135 Å². The number of methoxy groups -OCH3 is 1. The third kappa shape index (κ3) is 2.31. The van der Waals surface area contributed by atoms with Crippen LogP contribution >= 0.6 is 0 Å². The molecule has 0 radical (unpaired) electrons. The van der Waals surface area contributed by atoms with E-state index < -0.39 is 0 Å². The molecule has 2 N–H and O–H groups in total. The first kappa shape index (κ1) is 15.6. The first-order valence-electron chi connectivity index (χ1n) is 7.85. The quantitative estimate of drug-likeness (QED) is 0.578. The van der Waals surface area contributed by atoms with Gasteiger partial charge >= 0.3 is 17.9 Å². The molecule has 0 unspecified atom stereocenters. The molecule has 7 heteroatoms. The summed E-state index contributed by atoms with van der Waals surface area (Å²) in [5.74, 6) is 0.185. The summed E-state index contributed by atoms with van der Waals surface area (Å²) in [6.07, 6.45) is 1.58. The molecule has 3 heterocycles. The van der Waals surface area contributed by atoms with Gasteiger partial charge in [-0.1, -0.05) is 0 Å². The van der Waals surface area contributed by atoms with Crippen LogP contribution in [0.25, 0.3) is 0 Å². The zero-order chi connectivity index (χ0) is 16.7. The zero-order valence-electron chi connectivity index (χ0n) is 13.9. The third-order valence-corrected chi connectivity index (χ3v) is 4.63. The Hall–Kier alpha value is -2.31. The molecule has 0 bridgehead atoms. The molecule has 1 fully saturated rings. The SMILES string of the molecule is CCOC(=O)C1=C(C)NC2=[N+]3[C@@H]1CC[C@H]3C(C(=O)OC)=C(C)N2. The normalized spacial score (nSPS) is 25.7. The van der Waals surface area contributed by atoms with Gasteiger partial charge in [0.15, 0.2) is 0 Å². The average molecular weight is 320 g/mol. The summed E-state index contributed by atoms with van der Waals surface area (Å²) in [4.78, 5) is 24.5. The van der Waals surface area contributed by atoms with Gasteiger partial charge in [0.25, 0.3) is 0 Å². The van der Waals surface area contributed by atoms with Crippen LogP contribution < -0.4 is 10.6 Å². The maximum atomic E-state index is 12.3. The van der Waals surface area contributed by atoms with E-state index in [1.807, 2.05) is 13.8 Å². The second-order valence-electron chi connectivity index (χ2n) is 5.90. The predicted octanol–water partition coefficient (Wildman–Crippen LogP) is 0.376. The summed E-state index contributed by atoms with van der Waals surface area (Å²) < 4.78 is 12.2. The molecule has 0 aliphatic carbocycles. The summed E-state index contributed by atoms with van der Waals surface area (Å²) >= 11 is 0. The van der Waals surface area contributed by atoms with Crippen molar-refractivity contribution < 1.29 is 23.6 Å². The highest BCUT2D eigenvalue weighted by Crippen LogP contribution is 2.35. The van der Waals surface area contributed by atoms with Crippen molar-refractivity contribution in [3.8, 4) is 0 Å². The maximum Gasteiger partial charge on any atom is 0.356 e. The van der Waals surface area contributed by atoms with Gasteiger partial charge in [0.1, 0.15) is 23.2 Å². The maximum absolute atomic E-state index is 12.3. The fourth-order valence-electron chi connectivity index (χ4n) is 3.74. The van der Waals surface area contributed by atoms with E-state index in [2.05, 4.69) is 15.2 Å². The van der Waals surface area contributed by atoms with Gasteiger partial charge < -0.3 is 9.47 Å². The van der Waals surface area contributed by atoms with Crippen molar-refractivity contribution in [3.05, 3.63) is 22.5 Å². The highest BCUT2D eigenvalue weighted by Gasteiger charge is 2.50. The Morgan fingerprint density at radius 2 is 1.61 bits per heavy atom. The van der Waals surface area contributed by atoms with E-state index in [1.54, 1.807) is 6.92 Å². The van der Waals surface area contributed by atoms with Crippen molar-refractivity contribution in [1.82, 2.24) is 10.6 Å². The molecule has 0 aromatic heterocycles. The predicted molar refractivity (Wildman–Crippen MR) is 82.4 cm³/mol. The lowest BCUT2D eigenvalue weighted by Crippen LogP contribution is -2.56. The number of esters is 2. The van der Waals surface area contributed by atoms with E-state index in [0.29, 0.717) is 17.8 Å². The minimum Gasteiger partial charge on any atom is -0.465 e. The topological polar surface area (TPSA) is 79.7 Å². The number of rotatable bonds is 3. The molecule has 1 saturated heterocycles. The molecule has 0 aromatic rings. The molecule has 23 heavy (non-hydrogen) atoms. The van der Waals surface area contributed by atoms with Crippen molar-refractivity contribution in [2.75, 3.05) is 13.7 Å². The van der Waals surface area contributed by atoms with E-state index in [9.17, 15) is 9.59 Å². The fourth-order valence-corrected chi connectivity index (χ4v) is 3.74. The molecular weight excluding hydrogens is 298 g/mol. The number of nitrogens with one attached hydrogen (secondary N) is 2. The number of hydrogen-bond donors (Lipinski definition) is 2. The molecule has 0 saturated carbocycles. The number of carbonyl (C=O) groups is 2. The van der Waals surface area contributed by atoms with Crippen LogP contribution in [0.4, 0.5) is 0 Å². The summed E-state index contributed by atoms with van der Waals surface area (Å²) in [6, 6.07) is -0.177. The van der Waals surface area contributed by atoms with Crippen LogP contribution in [0, 0.1) is 0 Å². The molecule has 0 amide bonds. The fraction of sp³-hybridized carbons (Fsp3) is 0.562. The van der Waals surface area contributed by atoms with E-state index in [1.165, 1.54) is 7.11 Å². The Morgan fingerprint density at radius 3 is 2.09 bits per heavy atom. The standard InChI is InChI=1S/C16H21N3O4/c1-5-23-15(21)13-9(3)18-16-17-8(2)12(14(20)22-4)10-6-7-11(13)19(10)16/h10-11H,5-7H2,1-4H3,(H,17,18,20,21)/p+1/t10-,11+/m0/s1. The number of nitrogens with zero attached hydrogens (tertiary/aromatic N) is 1. The van der Waals surface area contributed by atoms with Gasteiger partial charge in [-0.3, -0.25) is 0 Å². The van der Waals surface area contributed by atoms with Gasteiger partial charge in [0, 0.05) is 0 Å². The van der Waals surface area contributed by atoms with Gasteiger partial charge in [0.05, 0.1) is 25.1 Å². The Bertz CT molecular complexity index is 675. The monoisotopic (exact) mass is 320 g/mol. The average Bonchev–Trinajstić information content (AvgIpc) is 2.92. The lowest BCUT2D eigenvalue weighted by Gasteiger charge is -2.31. The smallest absolute Gasteiger partial charge is 0.356 e. The summed E-state index contributed by atoms with van der Waals surface area (Å²) in [5, 5.41) is 6.47.